The van der Waals surface area contributed by atoms with Gasteiger partial charge in [0, 0.05) is 29.8 Å². The van der Waals surface area contributed by atoms with Crippen molar-refractivity contribution in [3.8, 4) is 11.3 Å². The summed E-state index contributed by atoms with van der Waals surface area (Å²) >= 11 is 0. The van der Waals surface area contributed by atoms with Crippen LogP contribution in [0.3, 0.4) is 0 Å². The average Bonchev–Trinajstić information content (AvgIpc) is 3.52. The lowest BCUT2D eigenvalue weighted by Crippen LogP contribution is -2.29. The molecule has 8 nitrogen and oxygen atoms in total. The summed E-state index contributed by atoms with van der Waals surface area (Å²) in [6.45, 7) is 1.79. The van der Waals surface area contributed by atoms with Gasteiger partial charge in [-0.3, -0.25) is 4.79 Å². The fraction of sp³-hybridized carbons (Fsp3) is 0.250. The normalized spacial score (nSPS) is 13.4. The second-order valence-corrected chi connectivity index (χ2v) is 6.82. The SMILES string of the molecule is COC(=O)c1cc(C)c(-c2cc3cnc(NC(=O)C4CC4)cc3c[n+]2[O-])cn1. The molecule has 8 heteroatoms. The number of carbonyl (C=O) groups is 2. The Morgan fingerprint density at radius 1 is 1.18 bits per heavy atom. The van der Waals surface area contributed by atoms with Crippen LogP contribution in [0.2, 0.25) is 0 Å². The van der Waals surface area contributed by atoms with Crippen LogP contribution in [0.1, 0.15) is 28.9 Å². The number of aryl methyl sites for hydroxylation is 1. The van der Waals surface area contributed by atoms with E-state index in [1.807, 2.05) is 0 Å². The third-order valence-electron chi connectivity index (χ3n) is 4.73. The van der Waals surface area contributed by atoms with Crippen LogP contribution in [0.4, 0.5) is 5.82 Å². The third-order valence-corrected chi connectivity index (χ3v) is 4.73. The molecule has 28 heavy (non-hydrogen) atoms. The molecule has 0 aromatic carbocycles. The maximum Gasteiger partial charge on any atom is 0.356 e. The third kappa shape index (κ3) is 3.36. The highest BCUT2D eigenvalue weighted by Crippen LogP contribution is 2.30. The van der Waals surface area contributed by atoms with Crippen molar-refractivity contribution in [1.29, 1.82) is 0 Å². The molecule has 0 unspecified atom stereocenters. The molecule has 1 aliphatic rings. The van der Waals surface area contributed by atoms with E-state index in [2.05, 4.69) is 20.0 Å². The molecule has 1 fully saturated rings. The number of pyridine rings is 3. The fourth-order valence-corrected chi connectivity index (χ4v) is 3.00. The van der Waals surface area contributed by atoms with Crippen molar-refractivity contribution in [3.63, 3.8) is 0 Å². The molecule has 0 atom stereocenters. The number of hydrogen-bond acceptors (Lipinski definition) is 6. The lowest BCUT2D eigenvalue weighted by Gasteiger charge is -2.10. The Bertz CT molecular complexity index is 1110. The summed E-state index contributed by atoms with van der Waals surface area (Å²) in [4.78, 5) is 31.9. The Morgan fingerprint density at radius 2 is 1.96 bits per heavy atom. The monoisotopic (exact) mass is 378 g/mol. The van der Waals surface area contributed by atoms with Gasteiger partial charge in [-0.1, -0.05) is 0 Å². The van der Waals surface area contributed by atoms with Crippen molar-refractivity contribution in [2.24, 2.45) is 5.92 Å². The van der Waals surface area contributed by atoms with Gasteiger partial charge in [0.1, 0.15) is 11.5 Å². The molecule has 142 valence electrons. The van der Waals surface area contributed by atoms with Gasteiger partial charge in [0.25, 0.3) is 0 Å². The number of ether oxygens (including phenoxy) is 1. The number of fused-ring (bicyclic) bond motifs is 1. The Labute approximate surface area is 160 Å². The van der Waals surface area contributed by atoms with Gasteiger partial charge in [-0.15, -0.1) is 0 Å². The lowest BCUT2D eigenvalue weighted by atomic mass is 10.0. The minimum atomic E-state index is -0.534. The zero-order valence-electron chi connectivity index (χ0n) is 15.4. The number of nitrogens with zero attached hydrogens (tertiary/aromatic N) is 3. The molecule has 3 aromatic heterocycles. The molecular formula is C20H18N4O4. The van der Waals surface area contributed by atoms with Crippen LogP contribution < -0.4 is 10.0 Å². The molecule has 0 aliphatic heterocycles. The summed E-state index contributed by atoms with van der Waals surface area (Å²) in [5.41, 5.74) is 1.90. The van der Waals surface area contributed by atoms with Crippen LogP contribution in [0.15, 0.2) is 36.8 Å². The second-order valence-electron chi connectivity index (χ2n) is 6.82. The molecule has 1 amide bonds. The summed E-state index contributed by atoms with van der Waals surface area (Å²) in [5.74, 6) is -0.0656. The van der Waals surface area contributed by atoms with E-state index in [0.717, 1.165) is 28.5 Å². The first kappa shape index (κ1) is 17.8. The zero-order valence-corrected chi connectivity index (χ0v) is 15.4. The predicted molar refractivity (Wildman–Crippen MR) is 101 cm³/mol. The summed E-state index contributed by atoms with van der Waals surface area (Å²) in [7, 11) is 1.29. The molecule has 0 radical (unpaired) electrons. The smallest absolute Gasteiger partial charge is 0.356 e. The Hall–Kier alpha value is -3.55. The van der Waals surface area contributed by atoms with Gasteiger partial charge in [0.2, 0.25) is 11.6 Å². The van der Waals surface area contributed by atoms with Crippen LogP contribution in [0, 0.1) is 18.0 Å². The quantitative estimate of drug-likeness (QED) is 0.424. The highest BCUT2D eigenvalue weighted by atomic mass is 16.5. The lowest BCUT2D eigenvalue weighted by molar-refractivity contribution is -0.592. The Balaban J connectivity index is 1.69. The van der Waals surface area contributed by atoms with E-state index in [1.165, 1.54) is 19.5 Å². The van der Waals surface area contributed by atoms with Gasteiger partial charge in [0.05, 0.1) is 18.1 Å². The van der Waals surface area contributed by atoms with Gasteiger partial charge >= 0.3 is 5.97 Å². The molecule has 1 N–H and O–H groups in total. The molecular weight excluding hydrogens is 360 g/mol. The van der Waals surface area contributed by atoms with Gasteiger partial charge in [-0.05, 0) is 37.5 Å². The minimum Gasteiger partial charge on any atom is -0.618 e. The van der Waals surface area contributed by atoms with Crippen molar-refractivity contribution < 1.29 is 19.1 Å². The number of rotatable bonds is 4. The number of amides is 1. The maximum absolute atomic E-state index is 12.6. The van der Waals surface area contributed by atoms with Crippen LogP contribution in [0.25, 0.3) is 22.0 Å². The topological polar surface area (TPSA) is 108 Å². The van der Waals surface area contributed by atoms with Gasteiger partial charge < -0.3 is 15.3 Å². The van der Waals surface area contributed by atoms with E-state index in [4.69, 9.17) is 0 Å². The minimum absolute atomic E-state index is 0.0362. The van der Waals surface area contributed by atoms with E-state index < -0.39 is 5.97 Å². The number of aromatic nitrogens is 3. The van der Waals surface area contributed by atoms with E-state index in [1.54, 1.807) is 31.3 Å². The largest absolute Gasteiger partial charge is 0.618 e. The number of esters is 1. The van der Waals surface area contributed by atoms with E-state index in [-0.39, 0.29) is 17.5 Å². The molecule has 0 bridgehead atoms. The van der Waals surface area contributed by atoms with Crippen LogP contribution in [-0.2, 0) is 9.53 Å². The summed E-state index contributed by atoms with van der Waals surface area (Å²) in [6, 6.07) is 4.98. The van der Waals surface area contributed by atoms with E-state index in [9.17, 15) is 14.8 Å². The van der Waals surface area contributed by atoms with Crippen molar-refractivity contribution in [1.82, 2.24) is 9.97 Å². The average molecular weight is 378 g/mol. The first-order valence-electron chi connectivity index (χ1n) is 8.85. The first-order chi connectivity index (χ1) is 13.5. The number of hydrogen-bond donors (Lipinski definition) is 1. The van der Waals surface area contributed by atoms with Crippen molar-refractivity contribution in [2.75, 3.05) is 12.4 Å². The van der Waals surface area contributed by atoms with E-state index in [0.29, 0.717) is 22.5 Å². The Morgan fingerprint density at radius 3 is 2.64 bits per heavy atom. The molecule has 4 rings (SSSR count). The summed E-state index contributed by atoms with van der Waals surface area (Å²) in [5, 5.41) is 16.8. The van der Waals surface area contributed by atoms with Crippen molar-refractivity contribution in [2.45, 2.75) is 19.8 Å². The second kappa shape index (κ2) is 6.88. The highest BCUT2D eigenvalue weighted by molar-refractivity contribution is 5.95. The van der Waals surface area contributed by atoms with Crippen LogP contribution in [0.5, 0.6) is 0 Å². The van der Waals surface area contributed by atoms with Crippen LogP contribution >= 0.6 is 0 Å². The zero-order chi connectivity index (χ0) is 19.8. The van der Waals surface area contributed by atoms with Crippen molar-refractivity contribution in [3.05, 3.63) is 53.3 Å². The van der Waals surface area contributed by atoms with Gasteiger partial charge in [-0.2, -0.15) is 4.73 Å². The number of carbonyl (C=O) groups excluding carboxylic acids is 2. The molecule has 0 saturated heterocycles. The molecule has 0 spiro atoms. The molecule has 1 saturated carbocycles. The molecule has 3 heterocycles. The Kier molecular flexibility index (Phi) is 4.38. The van der Waals surface area contributed by atoms with Crippen molar-refractivity contribution >= 4 is 28.5 Å². The van der Waals surface area contributed by atoms with Gasteiger partial charge in [0.15, 0.2) is 6.20 Å². The number of nitrogens with one attached hydrogen (secondary N) is 1. The fourth-order valence-electron chi connectivity index (χ4n) is 3.00. The number of methoxy groups -OCH3 is 1. The maximum atomic E-state index is 12.6. The highest BCUT2D eigenvalue weighted by Gasteiger charge is 2.29. The first-order valence-corrected chi connectivity index (χ1v) is 8.85. The van der Waals surface area contributed by atoms with Gasteiger partial charge in [-0.25, -0.2) is 14.8 Å². The standard InChI is InChI=1S/C20H18N4O4/c1-11-5-16(20(26)28-2)21-9-15(11)17-6-13-8-22-18(7-14(13)10-24(17)27)23-19(25)12-3-4-12/h5-10,12H,3-4H2,1-2H3,(H,22,23,25). The number of anilines is 1. The molecule has 3 aromatic rings. The van der Waals surface area contributed by atoms with E-state index >= 15 is 0 Å². The summed E-state index contributed by atoms with van der Waals surface area (Å²) in [6.07, 6.45) is 6.35. The summed E-state index contributed by atoms with van der Waals surface area (Å²) < 4.78 is 5.42. The van der Waals surface area contributed by atoms with Crippen LogP contribution in [-0.4, -0.2) is 29.0 Å². The predicted octanol–water partition coefficient (Wildman–Crippen LogP) is 2.37. The molecule has 1 aliphatic carbocycles.